The number of hydrogen-bond donors (Lipinski definition) is 4. The SMILES string of the molecule is Cn1c(=O)[nH]c(=O)c2c1nc(NN)n2CC(O)c1ccccc1. The number of anilines is 1. The predicted octanol–water partition coefficient (Wildman–Crippen LogP) is -0.557. The molecule has 3 rings (SSSR count). The van der Waals surface area contributed by atoms with Gasteiger partial charge < -0.3 is 9.67 Å². The first kappa shape index (κ1) is 15.0. The highest BCUT2D eigenvalue weighted by Gasteiger charge is 2.19. The van der Waals surface area contributed by atoms with Crippen molar-refractivity contribution in [2.75, 3.05) is 5.43 Å². The molecule has 0 radical (unpaired) electrons. The number of aryl methyl sites for hydroxylation is 1. The van der Waals surface area contributed by atoms with Crippen LogP contribution in [0.5, 0.6) is 0 Å². The molecule has 0 aliphatic rings. The molecule has 1 unspecified atom stereocenters. The number of nitrogens with one attached hydrogen (secondary N) is 2. The summed E-state index contributed by atoms with van der Waals surface area (Å²) >= 11 is 0. The molecular formula is C14H16N6O3. The second kappa shape index (κ2) is 5.71. The van der Waals surface area contributed by atoms with E-state index in [-0.39, 0.29) is 23.7 Å². The topological polar surface area (TPSA) is 131 Å². The third-order valence-electron chi connectivity index (χ3n) is 3.68. The molecule has 1 aromatic carbocycles. The van der Waals surface area contributed by atoms with Crippen LogP contribution in [0.15, 0.2) is 39.9 Å². The van der Waals surface area contributed by atoms with E-state index in [2.05, 4.69) is 15.4 Å². The molecule has 3 aromatic rings. The van der Waals surface area contributed by atoms with Gasteiger partial charge in [-0.05, 0) is 5.56 Å². The van der Waals surface area contributed by atoms with Crippen LogP contribution in [0.2, 0.25) is 0 Å². The fraction of sp³-hybridized carbons (Fsp3) is 0.214. The molecule has 0 bridgehead atoms. The maximum atomic E-state index is 12.1. The number of fused-ring (bicyclic) bond motifs is 1. The van der Waals surface area contributed by atoms with Crippen molar-refractivity contribution in [3.8, 4) is 0 Å². The van der Waals surface area contributed by atoms with Crippen LogP contribution in [0, 0.1) is 0 Å². The number of aromatic amines is 1. The van der Waals surface area contributed by atoms with E-state index in [0.29, 0.717) is 5.56 Å². The number of aliphatic hydroxyl groups excluding tert-OH is 1. The molecule has 0 saturated carbocycles. The third-order valence-corrected chi connectivity index (χ3v) is 3.68. The summed E-state index contributed by atoms with van der Waals surface area (Å²) in [5.41, 5.74) is 2.27. The van der Waals surface area contributed by atoms with Gasteiger partial charge in [-0.3, -0.25) is 19.8 Å². The lowest BCUT2D eigenvalue weighted by Gasteiger charge is -2.14. The van der Waals surface area contributed by atoms with Gasteiger partial charge in [-0.15, -0.1) is 0 Å². The molecular weight excluding hydrogens is 300 g/mol. The van der Waals surface area contributed by atoms with Gasteiger partial charge in [0.05, 0.1) is 12.6 Å². The van der Waals surface area contributed by atoms with E-state index in [1.165, 1.54) is 16.2 Å². The molecule has 0 saturated heterocycles. The number of imidazole rings is 1. The lowest BCUT2D eigenvalue weighted by atomic mass is 10.1. The summed E-state index contributed by atoms with van der Waals surface area (Å²) < 4.78 is 2.66. The van der Waals surface area contributed by atoms with E-state index >= 15 is 0 Å². The van der Waals surface area contributed by atoms with Crippen molar-refractivity contribution < 1.29 is 5.11 Å². The zero-order valence-electron chi connectivity index (χ0n) is 12.4. The summed E-state index contributed by atoms with van der Waals surface area (Å²) in [4.78, 5) is 30.2. The standard InChI is InChI=1S/C14H16N6O3/c1-19-11-10(12(22)17-14(19)23)20(13(16-11)18-15)7-9(21)8-5-3-2-4-6-8/h2-6,9,21H,7,15H2,1H3,(H,16,18)(H,17,22,23). The molecule has 0 amide bonds. The first-order chi connectivity index (χ1) is 11.0. The van der Waals surface area contributed by atoms with E-state index in [4.69, 9.17) is 5.84 Å². The highest BCUT2D eigenvalue weighted by molar-refractivity contribution is 5.74. The second-order valence-electron chi connectivity index (χ2n) is 5.11. The molecule has 5 N–H and O–H groups in total. The zero-order chi connectivity index (χ0) is 16.6. The molecule has 9 heteroatoms. The second-order valence-corrected chi connectivity index (χ2v) is 5.11. The van der Waals surface area contributed by atoms with Crippen LogP contribution in [-0.2, 0) is 13.6 Å². The predicted molar refractivity (Wildman–Crippen MR) is 84.8 cm³/mol. The number of rotatable bonds is 4. The number of hydrazine groups is 1. The minimum absolute atomic E-state index is 0.0569. The fourth-order valence-corrected chi connectivity index (χ4v) is 2.48. The largest absolute Gasteiger partial charge is 0.387 e. The molecule has 2 heterocycles. The molecule has 0 aliphatic carbocycles. The average molecular weight is 316 g/mol. The Labute approximate surface area is 130 Å². The Morgan fingerprint density at radius 2 is 2.04 bits per heavy atom. The maximum absolute atomic E-state index is 12.1. The van der Waals surface area contributed by atoms with Crippen LogP contribution in [-0.4, -0.2) is 24.2 Å². The van der Waals surface area contributed by atoms with Gasteiger partial charge in [-0.1, -0.05) is 30.3 Å². The number of H-pyrrole nitrogens is 1. The number of aliphatic hydroxyl groups is 1. The van der Waals surface area contributed by atoms with Crippen LogP contribution in [0.4, 0.5) is 5.95 Å². The Morgan fingerprint density at radius 3 is 2.70 bits per heavy atom. The lowest BCUT2D eigenvalue weighted by Crippen LogP contribution is -2.29. The normalized spacial score (nSPS) is 12.5. The lowest BCUT2D eigenvalue weighted by molar-refractivity contribution is 0.158. The number of nitrogens with two attached hydrogens (primary N) is 1. The van der Waals surface area contributed by atoms with Gasteiger partial charge in [0.15, 0.2) is 11.2 Å². The van der Waals surface area contributed by atoms with Gasteiger partial charge >= 0.3 is 5.69 Å². The van der Waals surface area contributed by atoms with E-state index < -0.39 is 17.4 Å². The molecule has 0 fully saturated rings. The van der Waals surface area contributed by atoms with Gasteiger partial charge in [0.25, 0.3) is 5.56 Å². The monoisotopic (exact) mass is 316 g/mol. The van der Waals surface area contributed by atoms with Crippen molar-refractivity contribution in [1.82, 2.24) is 19.1 Å². The summed E-state index contributed by atoms with van der Waals surface area (Å²) in [6.45, 7) is 0.0569. The van der Waals surface area contributed by atoms with E-state index in [9.17, 15) is 14.7 Å². The number of aromatic nitrogens is 4. The summed E-state index contributed by atoms with van der Waals surface area (Å²) in [5.74, 6) is 5.63. The summed E-state index contributed by atoms with van der Waals surface area (Å²) in [5, 5.41) is 10.4. The van der Waals surface area contributed by atoms with Crippen molar-refractivity contribution >= 4 is 17.1 Å². The third kappa shape index (κ3) is 2.51. The van der Waals surface area contributed by atoms with Crippen LogP contribution < -0.4 is 22.5 Å². The number of benzene rings is 1. The van der Waals surface area contributed by atoms with Gasteiger partial charge in [-0.25, -0.2) is 10.6 Å². The van der Waals surface area contributed by atoms with Crippen LogP contribution in [0.3, 0.4) is 0 Å². The summed E-state index contributed by atoms with van der Waals surface area (Å²) in [6, 6.07) is 9.02. The van der Waals surface area contributed by atoms with Crippen molar-refractivity contribution in [3.05, 3.63) is 56.7 Å². The highest BCUT2D eigenvalue weighted by Crippen LogP contribution is 2.20. The smallest absolute Gasteiger partial charge is 0.329 e. The zero-order valence-corrected chi connectivity index (χ0v) is 12.4. The van der Waals surface area contributed by atoms with Gasteiger partial charge in [0.1, 0.15) is 0 Å². The summed E-state index contributed by atoms with van der Waals surface area (Å²) in [6.07, 6.45) is -0.864. The van der Waals surface area contributed by atoms with Crippen molar-refractivity contribution in [1.29, 1.82) is 0 Å². The van der Waals surface area contributed by atoms with E-state index in [1.54, 1.807) is 12.1 Å². The Kier molecular flexibility index (Phi) is 3.72. The quantitative estimate of drug-likeness (QED) is 0.377. The fourth-order valence-electron chi connectivity index (χ4n) is 2.48. The average Bonchev–Trinajstić information content (AvgIpc) is 2.92. The molecule has 0 aliphatic heterocycles. The van der Waals surface area contributed by atoms with Crippen molar-refractivity contribution in [2.45, 2.75) is 12.6 Å². The maximum Gasteiger partial charge on any atom is 0.329 e. The minimum atomic E-state index is -0.864. The number of nitrogen functional groups attached to an aromatic ring is 1. The molecule has 2 aromatic heterocycles. The van der Waals surface area contributed by atoms with Crippen LogP contribution in [0.1, 0.15) is 11.7 Å². The Morgan fingerprint density at radius 1 is 1.35 bits per heavy atom. The summed E-state index contributed by atoms with van der Waals surface area (Å²) in [7, 11) is 1.49. The van der Waals surface area contributed by atoms with Crippen molar-refractivity contribution in [2.24, 2.45) is 12.9 Å². The molecule has 0 spiro atoms. The number of nitrogens with zero attached hydrogens (tertiary/aromatic N) is 3. The number of hydrogen-bond acceptors (Lipinski definition) is 6. The minimum Gasteiger partial charge on any atom is -0.387 e. The van der Waals surface area contributed by atoms with E-state index in [0.717, 1.165) is 0 Å². The molecule has 23 heavy (non-hydrogen) atoms. The Bertz CT molecular complexity index is 956. The first-order valence-corrected chi connectivity index (χ1v) is 6.92. The molecule has 120 valence electrons. The van der Waals surface area contributed by atoms with Gasteiger partial charge in [-0.2, -0.15) is 4.98 Å². The molecule has 9 nitrogen and oxygen atoms in total. The highest BCUT2D eigenvalue weighted by atomic mass is 16.3. The van der Waals surface area contributed by atoms with Gasteiger partial charge in [0, 0.05) is 7.05 Å². The van der Waals surface area contributed by atoms with Crippen LogP contribution in [0.25, 0.3) is 11.2 Å². The van der Waals surface area contributed by atoms with Crippen LogP contribution >= 0.6 is 0 Å². The Hall–Kier alpha value is -2.91. The van der Waals surface area contributed by atoms with Crippen molar-refractivity contribution in [3.63, 3.8) is 0 Å². The van der Waals surface area contributed by atoms with E-state index in [1.807, 2.05) is 18.2 Å². The molecule has 1 atom stereocenters. The Balaban J connectivity index is 2.15. The van der Waals surface area contributed by atoms with Gasteiger partial charge in [0.2, 0.25) is 5.95 Å². The first-order valence-electron chi connectivity index (χ1n) is 6.92.